The Morgan fingerprint density at radius 3 is 2.66 bits per heavy atom. The van der Waals surface area contributed by atoms with Gasteiger partial charge in [0.2, 0.25) is 0 Å². The van der Waals surface area contributed by atoms with Crippen LogP contribution >= 0.6 is 22.9 Å². The van der Waals surface area contributed by atoms with Crippen LogP contribution in [0.1, 0.15) is 10.6 Å². The van der Waals surface area contributed by atoms with Crippen molar-refractivity contribution in [3.05, 3.63) is 86.9 Å². The Kier molecular flexibility index (Phi) is 5.11. The van der Waals surface area contributed by atoms with Crippen molar-refractivity contribution in [3.63, 3.8) is 0 Å². The first-order valence-corrected chi connectivity index (χ1v) is 9.63. The maximum Gasteiger partial charge on any atom is 0.293 e. The molecule has 0 unspecified atom stereocenters. The summed E-state index contributed by atoms with van der Waals surface area (Å²) in [6.45, 7) is 0. The SMILES string of the molecule is O=C(Nc1nc(-c2cccc([N+](=O)[O-])c2)cs1)c1ccc(-c2ccc(Cl)cc2)o1. The molecule has 2 aromatic carbocycles. The lowest BCUT2D eigenvalue weighted by Gasteiger charge is -2.00. The molecule has 7 nitrogen and oxygen atoms in total. The molecule has 0 atom stereocenters. The molecule has 0 bridgehead atoms. The highest BCUT2D eigenvalue weighted by molar-refractivity contribution is 7.14. The molecule has 1 N–H and O–H groups in total. The van der Waals surface area contributed by atoms with Crippen molar-refractivity contribution in [2.24, 2.45) is 0 Å². The molecule has 2 aromatic heterocycles. The molecule has 0 aliphatic carbocycles. The van der Waals surface area contributed by atoms with E-state index in [9.17, 15) is 14.9 Å². The maximum atomic E-state index is 12.5. The van der Waals surface area contributed by atoms with Gasteiger partial charge in [-0.1, -0.05) is 23.7 Å². The zero-order chi connectivity index (χ0) is 20.4. The van der Waals surface area contributed by atoms with Gasteiger partial charge in [0.05, 0.1) is 10.6 Å². The molecule has 0 aliphatic heterocycles. The van der Waals surface area contributed by atoms with Crippen molar-refractivity contribution in [3.8, 4) is 22.6 Å². The molecule has 144 valence electrons. The molecular formula is C20H12ClN3O4S. The molecule has 1 amide bonds. The number of nitrogens with zero attached hydrogens (tertiary/aromatic N) is 2. The van der Waals surface area contributed by atoms with Gasteiger partial charge < -0.3 is 4.42 Å². The lowest BCUT2D eigenvalue weighted by atomic mass is 10.1. The molecule has 0 radical (unpaired) electrons. The average molecular weight is 426 g/mol. The lowest BCUT2D eigenvalue weighted by molar-refractivity contribution is -0.384. The van der Waals surface area contributed by atoms with E-state index in [0.717, 1.165) is 5.56 Å². The Morgan fingerprint density at radius 1 is 1.10 bits per heavy atom. The van der Waals surface area contributed by atoms with E-state index in [0.29, 0.717) is 27.2 Å². The molecule has 0 saturated heterocycles. The molecule has 9 heteroatoms. The Balaban J connectivity index is 1.49. The van der Waals surface area contributed by atoms with E-state index in [1.54, 1.807) is 53.9 Å². The first-order chi connectivity index (χ1) is 14.0. The van der Waals surface area contributed by atoms with E-state index in [-0.39, 0.29) is 11.4 Å². The number of nitrogens with one attached hydrogen (secondary N) is 1. The lowest BCUT2D eigenvalue weighted by Crippen LogP contribution is -2.10. The summed E-state index contributed by atoms with van der Waals surface area (Å²) >= 11 is 7.10. The zero-order valence-corrected chi connectivity index (χ0v) is 16.2. The molecule has 2 heterocycles. The molecular weight excluding hydrogens is 414 g/mol. The number of non-ortho nitro benzene ring substituents is 1. The van der Waals surface area contributed by atoms with Gasteiger partial charge in [-0.3, -0.25) is 20.2 Å². The number of carbonyl (C=O) groups excluding carboxylic acids is 1. The monoisotopic (exact) mass is 425 g/mol. The largest absolute Gasteiger partial charge is 0.451 e. The smallest absolute Gasteiger partial charge is 0.293 e. The standard InChI is InChI=1S/C20H12ClN3O4S/c21-14-6-4-12(5-7-14)17-8-9-18(28-17)19(25)23-20-22-16(11-29-20)13-2-1-3-15(10-13)24(26)27/h1-11H,(H,22,23,25). The van der Waals surface area contributed by atoms with E-state index in [1.807, 2.05) is 0 Å². The third-order valence-corrected chi connectivity index (χ3v) is 5.05. The first kappa shape index (κ1) is 18.9. The molecule has 0 fully saturated rings. The number of aromatic nitrogens is 1. The van der Waals surface area contributed by atoms with Gasteiger partial charge >= 0.3 is 0 Å². The van der Waals surface area contributed by atoms with Gasteiger partial charge in [0.25, 0.3) is 11.6 Å². The number of hydrogen-bond donors (Lipinski definition) is 1. The number of halogens is 1. The van der Waals surface area contributed by atoms with Crippen LogP contribution in [0.2, 0.25) is 5.02 Å². The highest BCUT2D eigenvalue weighted by Gasteiger charge is 2.15. The summed E-state index contributed by atoms with van der Waals surface area (Å²) in [5, 5.41) is 16.3. The number of thiazole rings is 1. The fourth-order valence-electron chi connectivity index (χ4n) is 2.63. The van der Waals surface area contributed by atoms with E-state index >= 15 is 0 Å². The topological polar surface area (TPSA) is 98.3 Å². The fourth-order valence-corrected chi connectivity index (χ4v) is 3.47. The van der Waals surface area contributed by atoms with E-state index in [2.05, 4.69) is 10.3 Å². The molecule has 4 rings (SSSR count). The molecule has 0 spiro atoms. The van der Waals surface area contributed by atoms with Crippen molar-refractivity contribution in [2.75, 3.05) is 5.32 Å². The second kappa shape index (κ2) is 7.86. The van der Waals surface area contributed by atoms with Crippen LogP contribution in [0.5, 0.6) is 0 Å². The second-order valence-electron chi connectivity index (χ2n) is 5.97. The van der Waals surface area contributed by atoms with Gasteiger partial charge in [0, 0.05) is 33.7 Å². The summed E-state index contributed by atoms with van der Waals surface area (Å²) in [5.41, 5.74) is 1.91. The summed E-state index contributed by atoms with van der Waals surface area (Å²) in [6.07, 6.45) is 0. The van der Waals surface area contributed by atoms with Crippen LogP contribution in [0.15, 0.2) is 70.5 Å². The van der Waals surface area contributed by atoms with E-state index < -0.39 is 10.8 Å². The van der Waals surface area contributed by atoms with Gasteiger partial charge in [-0.15, -0.1) is 11.3 Å². The van der Waals surface area contributed by atoms with Gasteiger partial charge in [-0.05, 0) is 36.4 Å². The predicted molar refractivity (Wildman–Crippen MR) is 111 cm³/mol. The minimum atomic E-state index is -0.465. The van der Waals surface area contributed by atoms with E-state index in [1.165, 1.54) is 23.5 Å². The van der Waals surface area contributed by atoms with Gasteiger partial charge in [0.15, 0.2) is 10.9 Å². The number of benzene rings is 2. The van der Waals surface area contributed by atoms with Crippen LogP contribution in [0.25, 0.3) is 22.6 Å². The number of hydrogen-bond acceptors (Lipinski definition) is 6. The highest BCUT2D eigenvalue weighted by Crippen LogP contribution is 2.28. The normalized spacial score (nSPS) is 10.7. The van der Waals surface area contributed by atoms with Crippen LogP contribution in [0.4, 0.5) is 10.8 Å². The highest BCUT2D eigenvalue weighted by atomic mass is 35.5. The maximum absolute atomic E-state index is 12.5. The third kappa shape index (κ3) is 4.18. The minimum absolute atomic E-state index is 0.0219. The quantitative estimate of drug-likeness (QED) is 0.318. The predicted octanol–water partition coefficient (Wildman–Crippen LogP) is 5.88. The van der Waals surface area contributed by atoms with Gasteiger partial charge in [0.1, 0.15) is 5.76 Å². The van der Waals surface area contributed by atoms with Gasteiger partial charge in [-0.25, -0.2) is 4.98 Å². The number of nitro groups is 1. The fraction of sp³-hybridized carbons (Fsp3) is 0. The summed E-state index contributed by atoms with van der Waals surface area (Å²) in [4.78, 5) is 27.2. The van der Waals surface area contributed by atoms with Crippen LogP contribution in [-0.2, 0) is 0 Å². The van der Waals surface area contributed by atoms with Crippen LogP contribution < -0.4 is 5.32 Å². The summed E-state index contributed by atoms with van der Waals surface area (Å²) in [7, 11) is 0. The number of carbonyl (C=O) groups is 1. The number of anilines is 1. The Bertz CT molecular complexity index is 1200. The van der Waals surface area contributed by atoms with Crippen molar-refractivity contribution >= 4 is 39.7 Å². The second-order valence-corrected chi connectivity index (χ2v) is 7.26. The molecule has 4 aromatic rings. The summed E-state index contributed by atoms with van der Waals surface area (Å²) in [6, 6.07) is 16.5. The summed E-state index contributed by atoms with van der Waals surface area (Å²) in [5.74, 6) is 0.246. The number of nitro benzene ring substituents is 1. The average Bonchev–Trinajstić information content (AvgIpc) is 3.38. The number of amides is 1. The van der Waals surface area contributed by atoms with Crippen LogP contribution in [-0.4, -0.2) is 15.8 Å². The molecule has 29 heavy (non-hydrogen) atoms. The molecule has 0 saturated carbocycles. The Morgan fingerprint density at radius 2 is 1.90 bits per heavy atom. The zero-order valence-electron chi connectivity index (χ0n) is 14.7. The first-order valence-electron chi connectivity index (χ1n) is 8.37. The minimum Gasteiger partial charge on any atom is -0.451 e. The van der Waals surface area contributed by atoms with Crippen LogP contribution in [0.3, 0.4) is 0 Å². The van der Waals surface area contributed by atoms with Gasteiger partial charge in [-0.2, -0.15) is 0 Å². The Labute approximate surface area is 173 Å². The van der Waals surface area contributed by atoms with E-state index in [4.69, 9.17) is 16.0 Å². The van der Waals surface area contributed by atoms with Crippen molar-refractivity contribution < 1.29 is 14.1 Å². The van der Waals surface area contributed by atoms with Crippen molar-refractivity contribution in [1.29, 1.82) is 0 Å². The Hall–Kier alpha value is -3.49. The number of furan rings is 1. The van der Waals surface area contributed by atoms with Crippen LogP contribution in [0, 0.1) is 10.1 Å². The molecule has 0 aliphatic rings. The third-order valence-electron chi connectivity index (χ3n) is 4.04. The summed E-state index contributed by atoms with van der Waals surface area (Å²) < 4.78 is 5.62. The van der Waals surface area contributed by atoms with Crippen molar-refractivity contribution in [2.45, 2.75) is 0 Å². The number of rotatable bonds is 5. The van der Waals surface area contributed by atoms with Crippen molar-refractivity contribution in [1.82, 2.24) is 4.98 Å².